The highest BCUT2D eigenvalue weighted by molar-refractivity contribution is 5.45. The van der Waals surface area contributed by atoms with Crippen molar-refractivity contribution < 1.29 is 9.13 Å². The molecule has 0 aliphatic rings. The minimum atomic E-state index is -0.288. The molecule has 20 heavy (non-hydrogen) atoms. The topological polar surface area (TPSA) is 9.23 Å². The first-order valence-corrected chi connectivity index (χ1v) is 6.31. The average molecular weight is 266 g/mol. The summed E-state index contributed by atoms with van der Waals surface area (Å²) in [5.74, 6) is 6.25. The number of hydrogen-bond donors (Lipinski definition) is 0. The van der Waals surface area contributed by atoms with Gasteiger partial charge >= 0.3 is 0 Å². The first kappa shape index (κ1) is 13.9. The molecule has 2 aromatic rings. The molecule has 1 nitrogen and oxygen atoms in total. The highest BCUT2D eigenvalue weighted by atomic mass is 19.1. The number of aryl methyl sites for hydroxylation is 1. The largest absolute Gasteiger partial charge is 0.490 e. The number of halogens is 1. The molecule has 0 unspecified atom stereocenters. The Morgan fingerprint density at radius 3 is 2.55 bits per heavy atom. The summed E-state index contributed by atoms with van der Waals surface area (Å²) in [7, 11) is 0. The quantitative estimate of drug-likeness (QED) is 0.600. The van der Waals surface area contributed by atoms with Gasteiger partial charge in [-0.25, -0.2) is 4.39 Å². The van der Waals surface area contributed by atoms with Crippen molar-refractivity contribution in [1.82, 2.24) is 0 Å². The molecule has 0 bridgehead atoms. The lowest BCUT2D eigenvalue weighted by atomic mass is 10.1. The second-order valence-corrected chi connectivity index (χ2v) is 4.36. The normalized spacial score (nSPS) is 9.50. The van der Waals surface area contributed by atoms with E-state index < -0.39 is 0 Å². The van der Waals surface area contributed by atoms with Crippen molar-refractivity contribution in [2.45, 2.75) is 6.92 Å². The predicted octanol–water partition coefficient (Wildman–Crippen LogP) is 4.10. The molecule has 0 aliphatic heterocycles. The van der Waals surface area contributed by atoms with Crippen LogP contribution in [0, 0.1) is 24.6 Å². The lowest BCUT2D eigenvalue weighted by molar-refractivity contribution is 0.363. The molecule has 2 aromatic carbocycles. The third-order valence-corrected chi connectivity index (χ3v) is 2.69. The molecule has 2 rings (SSSR count). The van der Waals surface area contributed by atoms with Crippen molar-refractivity contribution >= 4 is 0 Å². The number of benzene rings is 2. The maximum Gasteiger partial charge on any atom is 0.139 e. The van der Waals surface area contributed by atoms with E-state index in [-0.39, 0.29) is 5.82 Å². The first-order chi connectivity index (χ1) is 9.69. The van der Waals surface area contributed by atoms with Crippen molar-refractivity contribution in [2.75, 3.05) is 6.61 Å². The van der Waals surface area contributed by atoms with Crippen molar-refractivity contribution in [1.29, 1.82) is 0 Å². The van der Waals surface area contributed by atoms with Gasteiger partial charge in [0, 0.05) is 5.56 Å². The van der Waals surface area contributed by atoms with E-state index in [4.69, 9.17) is 4.74 Å². The zero-order chi connectivity index (χ0) is 14.4. The molecule has 0 fully saturated rings. The van der Waals surface area contributed by atoms with Crippen LogP contribution < -0.4 is 4.74 Å². The zero-order valence-corrected chi connectivity index (χ0v) is 11.3. The average Bonchev–Trinajstić information content (AvgIpc) is 2.45. The van der Waals surface area contributed by atoms with E-state index in [2.05, 4.69) is 18.4 Å². The van der Waals surface area contributed by atoms with Gasteiger partial charge in [0.25, 0.3) is 0 Å². The van der Waals surface area contributed by atoms with Crippen LogP contribution in [0.4, 0.5) is 4.39 Å². The van der Waals surface area contributed by atoms with Crippen LogP contribution in [0.5, 0.6) is 5.75 Å². The van der Waals surface area contributed by atoms with Crippen molar-refractivity contribution in [3.05, 3.63) is 77.6 Å². The van der Waals surface area contributed by atoms with Gasteiger partial charge in [0.15, 0.2) is 0 Å². The van der Waals surface area contributed by atoms with E-state index in [9.17, 15) is 4.39 Å². The first-order valence-electron chi connectivity index (χ1n) is 6.31. The maximum atomic E-state index is 13.6. The van der Waals surface area contributed by atoms with Crippen LogP contribution in [0.2, 0.25) is 0 Å². The van der Waals surface area contributed by atoms with E-state index in [0.717, 1.165) is 16.9 Å². The maximum absolute atomic E-state index is 13.6. The van der Waals surface area contributed by atoms with Gasteiger partial charge in [0.1, 0.15) is 18.2 Å². The van der Waals surface area contributed by atoms with Gasteiger partial charge in [-0.1, -0.05) is 30.6 Å². The predicted molar refractivity (Wildman–Crippen MR) is 79.3 cm³/mol. The van der Waals surface area contributed by atoms with Crippen molar-refractivity contribution in [3.8, 4) is 17.6 Å². The third-order valence-electron chi connectivity index (χ3n) is 2.69. The molecule has 0 aromatic heterocycles. The van der Waals surface area contributed by atoms with Crippen LogP contribution in [-0.4, -0.2) is 6.61 Å². The van der Waals surface area contributed by atoms with E-state index in [0.29, 0.717) is 12.2 Å². The summed E-state index contributed by atoms with van der Waals surface area (Å²) >= 11 is 0. The lowest BCUT2D eigenvalue weighted by Gasteiger charge is -2.01. The van der Waals surface area contributed by atoms with Crippen molar-refractivity contribution in [3.63, 3.8) is 0 Å². The SMILES string of the molecule is C=CCOc1ccc(C#Cc2ccc(C)cc2F)cc1. The fraction of sp³-hybridized carbons (Fsp3) is 0.111. The molecule has 0 heterocycles. The Labute approximate surface area is 118 Å². The summed E-state index contributed by atoms with van der Waals surface area (Å²) in [6.07, 6.45) is 1.69. The summed E-state index contributed by atoms with van der Waals surface area (Å²) in [5, 5.41) is 0. The molecule has 0 saturated heterocycles. The smallest absolute Gasteiger partial charge is 0.139 e. The monoisotopic (exact) mass is 266 g/mol. The van der Waals surface area contributed by atoms with Crippen LogP contribution in [0.3, 0.4) is 0 Å². The molecule has 0 aliphatic carbocycles. The number of ether oxygens (including phenoxy) is 1. The highest BCUT2D eigenvalue weighted by Crippen LogP contribution is 2.12. The van der Waals surface area contributed by atoms with E-state index in [1.165, 1.54) is 6.07 Å². The Morgan fingerprint density at radius 1 is 1.15 bits per heavy atom. The van der Waals surface area contributed by atoms with Crippen LogP contribution in [0.25, 0.3) is 0 Å². The van der Waals surface area contributed by atoms with Crippen LogP contribution in [-0.2, 0) is 0 Å². The molecule has 0 radical (unpaired) electrons. The van der Waals surface area contributed by atoms with Gasteiger partial charge in [-0.2, -0.15) is 0 Å². The van der Waals surface area contributed by atoms with E-state index in [1.807, 2.05) is 37.3 Å². The fourth-order valence-corrected chi connectivity index (χ4v) is 1.65. The van der Waals surface area contributed by atoms with E-state index in [1.54, 1.807) is 12.1 Å². The number of hydrogen-bond acceptors (Lipinski definition) is 1. The molecule has 0 atom stereocenters. The van der Waals surface area contributed by atoms with Gasteiger partial charge in [0.2, 0.25) is 0 Å². The number of rotatable bonds is 3. The molecular weight excluding hydrogens is 251 g/mol. The molecule has 100 valence electrons. The minimum absolute atomic E-state index is 0.288. The Kier molecular flexibility index (Phi) is 4.57. The Balaban J connectivity index is 2.14. The molecule has 0 N–H and O–H groups in total. The molecule has 0 spiro atoms. The summed E-state index contributed by atoms with van der Waals surface area (Å²) in [5.41, 5.74) is 2.11. The fourth-order valence-electron chi connectivity index (χ4n) is 1.65. The second kappa shape index (κ2) is 6.58. The Hall–Kier alpha value is -2.53. The summed E-state index contributed by atoms with van der Waals surface area (Å²) in [4.78, 5) is 0. The van der Waals surface area contributed by atoms with Gasteiger partial charge in [-0.3, -0.25) is 0 Å². The molecule has 2 heteroatoms. The minimum Gasteiger partial charge on any atom is -0.490 e. The Bertz CT molecular complexity index is 660. The second-order valence-electron chi connectivity index (χ2n) is 4.36. The van der Waals surface area contributed by atoms with Crippen LogP contribution in [0.1, 0.15) is 16.7 Å². The van der Waals surface area contributed by atoms with Crippen LogP contribution >= 0.6 is 0 Å². The third kappa shape index (κ3) is 3.73. The molecular formula is C18H15FO. The lowest BCUT2D eigenvalue weighted by Crippen LogP contribution is -1.92. The van der Waals surface area contributed by atoms with Gasteiger partial charge in [-0.15, -0.1) is 0 Å². The van der Waals surface area contributed by atoms with Crippen molar-refractivity contribution in [2.24, 2.45) is 0 Å². The Morgan fingerprint density at radius 2 is 1.90 bits per heavy atom. The summed E-state index contributed by atoms with van der Waals surface area (Å²) < 4.78 is 19.0. The van der Waals surface area contributed by atoms with Crippen LogP contribution in [0.15, 0.2) is 55.1 Å². The zero-order valence-electron chi connectivity index (χ0n) is 11.3. The molecule has 0 amide bonds. The van der Waals surface area contributed by atoms with Gasteiger partial charge in [0.05, 0.1) is 5.56 Å². The van der Waals surface area contributed by atoms with Gasteiger partial charge < -0.3 is 4.74 Å². The standard InChI is InChI=1S/C18H15FO/c1-3-12-20-17-10-6-15(7-11-17)5-9-16-8-4-14(2)13-18(16)19/h3-4,6-8,10-11,13H,1,12H2,2H3. The van der Waals surface area contributed by atoms with E-state index >= 15 is 0 Å². The van der Waals surface area contributed by atoms with Gasteiger partial charge in [-0.05, 0) is 48.9 Å². The summed E-state index contributed by atoms with van der Waals surface area (Å²) in [6.45, 7) is 5.91. The summed E-state index contributed by atoms with van der Waals surface area (Å²) in [6, 6.07) is 12.4. The highest BCUT2D eigenvalue weighted by Gasteiger charge is 1.98. The molecule has 0 saturated carbocycles.